The number of phosphoric ester groups is 3. The second kappa shape index (κ2) is 11.2. The minimum absolute atomic E-state index is 0.195. The molecule has 0 unspecified atom stereocenters. The number of methoxy groups -OCH3 is 2. The molecule has 1 aromatic rings. The number of hydrogen-bond acceptors (Lipinski definition) is 9. The molecule has 0 radical (unpaired) electrons. The molecule has 1 fully saturated rings. The van der Waals surface area contributed by atoms with Crippen LogP contribution in [0.3, 0.4) is 0 Å². The van der Waals surface area contributed by atoms with Gasteiger partial charge in [0.05, 0.1) is 14.2 Å². The van der Waals surface area contributed by atoms with E-state index in [1.54, 1.807) is 18.2 Å². The first-order chi connectivity index (χ1) is 15.1. The minimum atomic E-state index is -5.25. The number of likely N-dealkylation sites (tertiary alicyclic amines) is 1. The highest BCUT2D eigenvalue weighted by Crippen LogP contribution is 2.48. The number of piperidine rings is 1. The van der Waals surface area contributed by atoms with Crippen molar-refractivity contribution in [2.24, 2.45) is 0 Å². The summed E-state index contributed by atoms with van der Waals surface area (Å²) >= 11 is 0. The Labute approximate surface area is 188 Å². The number of hydrogen-bond donors (Lipinski definition) is 6. The Hall–Kier alpha value is -0.890. The molecule has 0 aromatic heterocycles. The van der Waals surface area contributed by atoms with Crippen LogP contribution in [0.15, 0.2) is 18.2 Å². The molecule has 33 heavy (non-hydrogen) atoms. The third kappa shape index (κ3) is 9.71. The van der Waals surface area contributed by atoms with Crippen LogP contribution in [0.4, 0.5) is 0 Å². The molecule has 0 saturated carbocycles. The molecule has 190 valence electrons. The Kier molecular flexibility index (Phi) is 9.65. The van der Waals surface area contributed by atoms with Crippen LogP contribution in [0.5, 0.6) is 11.5 Å². The van der Waals surface area contributed by atoms with Crippen LogP contribution in [0, 0.1) is 0 Å². The smallest absolute Gasteiger partial charge is 0.470 e. The molecule has 0 amide bonds. The summed E-state index contributed by atoms with van der Waals surface area (Å²) in [6, 6.07) is 5.13. The van der Waals surface area contributed by atoms with Gasteiger partial charge in [-0.15, -0.1) is 0 Å². The van der Waals surface area contributed by atoms with Gasteiger partial charge in [0.1, 0.15) is 18.3 Å². The van der Waals surface area contributed by atoms with Gasteiger partial charge in [-0.2, -0.15) is 0 Å². The molecule has 2 rings (SSSR count). The molecule has 1 heterocycles. The van der Waals surface area contributed by atoms with Crippen LogP contribution in [-0.2, 0) is 33.7 Å². The van der Waals surface area contributed by atoms with E-state index in [4.69, 9.17) is 19.3 Å². The molecule has 1 aromatic carbocycles. The van der Waals surface area contributed by atoms with Crippen molar-refractivity contribution in [3.63, 3.8) is 0 Å². The molecule has 1 saturated heterocycles. The van der Waals surface area contributed by atoms with E-state index >= 15 is 0 Å². The van der Waals surface area contributed by atoms with Crippen molar-refractivity contribution in [2.45, 2.75) is 24.7 Å². The van der Waals surface area contributed by atoms with Gasteiger partial charge in [0, 0.05) is 19.6 Å². The Morgan fingerprint density at radius 2 is 1.30 bits per heavy atom. The van der Waals surface area contributed by atoms with E-state index < -0.39 is 41.8 Å². The molecular weight excluding hydrogens is 511 g/mol. The van der Waals surface area contributed by atoms with Gasteiger partial charge in [0.25, 0.3) is 0 Å². The number of ether oxygens (including phenoxy) is 2. The monoisotopic (exact) mass is 537 g/mol. The molecule has 0 bridgehead atoms. The molecule has 0 spiro atoms. The van der Waals surface area contributed by atoms with Crippen molar-refractivity contribution in [3.8, 4) is 11.5 Å². The third-order valence-corrected chi connectivity index (χ3v) is 6.19. The molecule has 18 heteroatoms. The average Bonchev–Trinajstić information content (AvgIpc) is 2.65. The van der Waals surface area contributed by atoms with Gasteiger partial charge in [0.2, 0.25) is 0 Å². The molecule has 1 aliphatic rings. The van der Waals surface area contributed by atoms with Gasteiger partial charge in [-0.25, -0.2) is 13.7 Å². The van der Waals surface area contributed by atoms with Crippen molar-refractivity contribution < 1.29 is 66.1 Å². The normalized spacial score (nSPS) is 21.2. The Morgan fingerprint density at radius 1 is 0.818 bits per heavy atom. The highest BCUT2D eigenvalue weighted by Gasteiger charge is 2.47. The van der Waals surface area contributed by atoms with Gasteiger partial charge in [-0.05, 0) is 24.1 Å². The second-order valence-corrected chi connectivity index (χ2v) is 10.6. The van der Waals surface area contributed by atoms with Crippen LogP contribution in [0.25, 0.3) is 0 Å². The summed E-state index contributed by atoms with van der Waals surface area (Å²) in [6.07, 6.45) is -4.90. The summed E-state index contributed by atoms with van der Waals surface area (Å²) < 4.78 is 58.3. The van der Waals surface area contributed by atoms with Gasteiger partial charge in [0.15, 0.2) is 11.5 Å². The Bertz CT molecular complexity index is 908. The van der Waals surface area contributed by atoms with E-state index in [9.17, 15) is 33.3 Å². The lowest BCUT2D eigenvalue weighted by molar-refractivity contribution is -0.0985. The predicted molar refractivity (Wildman–Crippen MR) is 110 cm³/mol. The van der Waals surface area contributed by atoms with Gasteiger partial charge in [-0.1, -0.05) is 6.07 Å². The lowest BCUT2D eigenvalue weighted by atomic mass is 10.0. The van der Waals surface area contributed by atoms with E-state index in [-0.39, 0.29) is 19.6 Å². The van der Waals surface area contributed by atoms with Gasteiger partial charge in [-0.3, -0.25) is 18.5 Å². The Balaban J connectivity index is 2.26. The van der Waals surface area contributed by atoms with Crippen molar-refractivity contribution >= 4 is 23.5 Å². The van der Waals surface area contributed by atoms with E-state index in [1.807, 2.05) is 0 Å². The molecule has 15 nitrogen and oxygen atoms in total. The first kappa shape index (κ1) is 28.3. The highest BCUT2D eigenvalue weighted by molar-refractivity contribution is 7.47. The summed E-state index contributed by atoms with van der Waals surface area (Å²) in [7, 11) is -12.7. The lowest BCUT2D eigenvalue weighted by Crippen LogP contribution is -2.57. The maximum absolute atomic E-state index is 11.4. The van der Waals surface area contributed by atoms with Crippen LogP contribution in [0.2, 0.25) is 0 Å². The summed E-state index contributed by atoms with van der Waals surface area (Å²) in [5.74, 6) is 0.969. The van der Waals surface area contributed by atoms with E-state index in [1.165, 1.54) is 19.1 Å². The zero-order valence-corrected chi connectivity index (χ0v) is 20.2. The zero-order chi connectivity index (χ0) is 25.0. The summed E-state index contributed by atoms with van der Waals surface area (Å²) in [6.45, 7) is -0.381. The van der Waals surface area contributed by atoms with E-state index in [2.05, 4.69) is 13.6 Å². The zero-order valence-electron chi connectivity index (χ0n) is 17.5. The number of rotatable bonds is 11. The highest BCUT2D eigenvalue weighted by atomic mass is 31.2. The summed E-state index contributed by atoms with van der Waals surface area (Å²) in [4.78, 5) is 56.7. The molecule has 2 atom stereocenters. The summed E-state index contributed by atoms with van der Waals surface area (Å²) in [5.41, 5.74) is 0.779. The van der Waals surface area contributed by atoms with Gasteiger partial charge >= 0.3 is 23.5 Å². The fourth-order valence-corrected chi connectivity index (χ4v) is 5.04. The van der Waals surface area contributed by atoms with Crippen LogP contribution in [0.1, 0.15) is 5.56 Å². The second-order valence-electron chi connectivity index (χ2n) is 7.03. The lowest BCUT2D eigenvalue weighted by Gasteiger charge is -2.42. The van der Waals surface area contributed by atoms with Crippen LogP contribution < -0.4 is 9.47 Å². The summed E-state index contributed by atoms with van der Waals surface area (Å²) in [5, 5.41) is 0. The average molecular weight is 537 g/mol. The van der Waals surface area contributed by atoms with Crippen molar-refractivity contribution in [3.05, 3.63) is 23.8 Å². The van der Waals surface area contributed by atoms with Gasteiger partial charge < -0.3 is 38.8 Å². The van der Waals surface area contributed by atoms with Crippen molar-refractivity contribution in [2.75, 3.05) is 33.9 Å². The minimum Gasteiger partial charge on any atom is -0.493 e. The Morgan fingerprint density at radius 3 is 1.73 bits per heavy atom. The first-order valence-electron chi connectivity index (χ1n) is 9.25. The van der Waals surface area contributed by atoms with Crippen LogP contribution >= 0.6 is 23.5 Å². The first-order valence-corrected chi connectivity index (χ1v) is 13.8. The number of nitrogens with zero attached hydrogens (tertiary/aromatic N) is 1. The molecule has 6 N–H and O–H groups in total. The molecular formula is C15H26NO14P3. The van der Waals surface area contributed by atoms with Crippen molar-refractivity contribution in [1.29, 1.82) is 0 Å². The fourth-order valence-electron chi connectivity index (χ4n) is 3.37. The predicted octanol–water partition coefficient (Wildman–Crippen LogP) is -0.00440. The number of benzene rings is 1. The van der Waals surface area contributed by atoms with E-state index in [0.717, 1.165) is 5.56 Å². The standard InChI is InChI=1S/C15H26NO14P3/c1-26-11-4-3-10(7-12(11)27-2)5-6-16-8-13(28-31(17,18)19)15(30-33(23,24)25)14(9-16)29-32(20,21)22/h3-4,7,13-15H,5-6,8-9H2,1-2H3,(H2,17,18,19)(H2,20,21,22)(H2,23,24,25)/t13-,14-/m1/s1. The maximum Gasteiger partial charge on any atom is 0.470 e. The largest absolute Gasteiger partial charge is 0.493 e. The number of phosphoric acid groups is 3. The fraction of sp³-hybridized carbons (Fsp3) is 0.600. The topological polar surface area (TPSA) is 222 Å². The van der Waals surface area contributed by atoms with Crippen LogP contribution in [-0.4, -0.2) is 86.4 Å². The SMILES string of the molecule is COc1ccc(CCN2C[C@@H](OP(=O)(O)O)C(OP(=O)(O)O)[C@H](OP(=O)(O)O)C2)cc1OC. The third-order valence-electron chi connectivity index (χ3n) is 4.58. The van der Waals surface area contributed by atoms with Crippen molar-refractivity contribution in [1.82, 2.24) is 4.90 Å². The quantitative estimate of drug-likeness (QED) is 0.204. The molecule has 0 aliphatic carbocycles. The maximum atomic E-state index is 11.4. The van der Waals surface area contributed by atoms with E-state index in [0.29, 0.717) is 17.9 Å². The molecule has 1 aliphatic heterocycles.